The summed E-state index contributed by atoms with van der Waals surface area (Å²) in [6.45, 7) is 6.46. The summed E-state index contributed by atoms with van der Waals surface area (Å²) >= 11 is 0. The summed E-state index contributed by atoms with van der Waals surface area (Å²) in [5.41, 5.74) is 4.40. The van der Waals surface area contributed by atoms with Gasteiger partial charge in [-0.2, -0.15) is 5.10 Å². The lowest BCUT2D eigenvalue weighted by Gasteiger charge is -2.14. The van der Waals surface area contributed by atoms with Gasteiger partial charge in [-0.1, -0.05) is 18.2 Å². The Balaban J connectivity index is 1.51. The van der Waals surface area contributed by atoms with Crippen LogP contribution in [0.5, 0.6) is 0 Å². The average molecular weight is 324 g/mol. The van der Waals surface area contributed by atoms with E-state index in [4.69, 9.17) is 0 Å². The molecule has 126 valence electrons. The quantitative estimate of drug-likeness (QED) is 0.683. The third-order valence-corrected chi connectivity index (χ3v) is 4.39. The molecular weight excluding hydrogens is 300 g/mol. The molecule has 2 N–H and O–H groups in total. The Hall–Kier alpha value is -2.56. The number of fused-ring (bicyclic) bond motifs is 1. The Morgan fingerprint density at radius 3 is 2.88 bits per heavy atom. The number of aromatic nitrogens is 3. The number of benzene rings is 1. The fourth-order valence-corrected chi connectivity index (χ4v) is 3.13. The van der Waals surface area contributed by atoms with Crippen molar-refractivity contribution in [2.45, 2.75) is 39.7 Å². The zero-order valence-corrected chi connectivity index (χ0v) is 14.5. The van der Waals surface area contributed by atoms with Crippen molar-refractivity contribution in [1.82, 2.24) is 20.1 Å². The molecule has 1 amide bonds. The molecule has 0 fully saturated rings. The van der Waals surface area contributed by atoms with Crippen LogP contribution >= 0.6 is 0 Å². The van der Waals surface area contributed by atoms with E-state index in [-0.39, 0.29) is 11.9 Å². The molecule has 2 aromatic heterocycles. The summed E-state index contributed by atoms with van der Waals surface area (Å²) in [6, 6.07) is 10.00. The molecule has 0 aliphatic rings. The third kappa shape index (κ3) is 3.35. The van der Waals surface area contributed by atoms with Crippen LogP contribution < -0.4 is 5.32 Å². The van der Waals surface area contributed by atoms with Crippen molar-refractivity contribution < 1.29 is 4.79 Å². The minimum atomic E-state index is -0.285. The molecule has 24 heavy (non-hydrogen) atoms. The highest BCUT2D eigenvalue weighted by Gasteiger charge is 2.17. The maximum Gasteiger partial charge on any atom is 0.244 e. The van der Waals surface area contributed by atoms with E-state index in [9.17, 15) is 4.79 Å². The lowest BCUT2D eigenvalue weighted by atomic mass is 10.1. The first-order valence-electron chi connectivity index (χ1n) is 8.41. The largest absolute Gasteiger partial charge is 0.361 e. The van der Waals surface area contributed by atoms with Gasteiger partial charge in [-0.25, -0.2) is 0 Å². The highest BCUT2D eigenvalue weighted by molar-refractivity contribution is 5.83. The van der Waals surface area contributed by atoms with Gasteiger partial charge in [0, 0.05) is 29.3 Å². The summed E-state index contributed by atoms with van der Waals surface area (Å²) in [5, 5.41) is 8.67. The van der Waals surface area contributed by atoms with E-state index >= 15 is 0 Å². The van der Waals surface area contributed by atoms with Crippen molar-refractivity contribution in [3.8, 4) is 0 Å². The number of H-pyrrole nitrogens is 1. The molecule has 2 heterocycles. The molecule has 3 aromatic rings. The van der Waals surface area contributed by atoms with Crippen molar-refractivity contribution in [3.63, 3.8) is 0 Å². The number of para-hydroxylation sites is 1. The monoisotopic (exact) mass is 324 g/mol. The number of carbonyl (C=O) groups excluding carboxylic acids is 1. The van der Waals surface area contributed by atoms with Gasteiger partial charge in [-0.3, -0.25) is 9.48 Å². The van der Waals surface area contributed by atoms with E-state index < -0.39 is 0 Å². The molecule has 0 spiro atoms. The van der Waals surface area contributed by atoms with E-state index in [1.807, 2.05) is 32.9 Å². The van der Waals surface area contributed by atoms with E-state index in [0.29, 0.717) is 6.54 Å². The number of amides is 1. The first kappa shape index (κ1) is 16.3. The van der Waals surface area contributed by atoms with Crippen LogP contribution in [0.15, 0.2) is 36.5 Å². The van der Waals surface area contributed by atoms with Gasteiger partial charge in [0.1, 0.15) is 6.04 Å². The number of nitrogens with zero attached hydrogens (tertiary/aromatic N) is 2. The van der Waals surface area contributed by atoms with Crippen LogP contribution in [0.3, 0.4) is 0 Å². The maximum atomic E-state index is 12.3. The molecule has 3 rings (SSSR count). The van der Waals surface area contributed by atoms with Gasteiger partial charge in [0.05, 0.1) is 5.69 Å². The topological polar surface area (TPSA) is 62.7 Å². The van der Waals surface area contributed by atoms with Gasteiger partial charge in [-0.05, 0) is 51.3 Å². The molecule has 0 saturated heterocycles. The summed E-state index contributed by atoms with van der Waals surface area (Å²) in [7, 11) is 0. The highest BCUT2D eigenvalue weighted by Crippen LogP contribution is 2.18. The van der Waals surface area contributed by atoms with E-state index in [1.165, 1.54) is 10.9 Å². The summed E-state index contributed by atoms with van der Waals surface area (Å²) in [4.78, 5) is 15.6. The number of rotatable bonds is 6. The van der Waals surface area contributed by atoms with Crippen LogP contribution in [0.1, 0.15) is 36.3 Å². The first-order chi connectivity index (χ1) is 11.6. The van der Waals surface area contributed by atoms with Crippen LogP contribution in [-0.2, 0) is 11.2 Å². The number of hydrogen-bond donors (Lipinski definition) is 2. The SMILES string of the molecule is Cc1cc(C)n([C@H](C)C(=O)NCCCc2c[nH]c3ccccc23)n1. The van der Waals surface area contributed by atoms with E-state index in [1.54, 1.807) is 4.68 Å². The predicted octanol–water partition coefficient (Wildman–Crippen LogP) is 3.29. The molecule has 0 saturated carbocycles. The van der Waals surface area contributed by atoms with Gasteiger partial charge in [0.2, 0.25) is 5.91 Å². The molecule has 0 unspecified atom stereocenters. The third-order valence-electron chi connectivity index (χ3n) is 4.39. The second-order valence-electron chi connectivity index (χ2n) is 6.30. The summed E-state index contributed by atoms with van der Waals surface area (Å²) in [5.74, 6) is 0.0140. The Kier molecular flexibility index (Phi) is 4.69. The standard InChI is InChI=1S/C19H24N4O/c1-13-11-14(2)23(22-13)15(3)19(24)20-10-6-7-16-12-21-18-9-5-4-8-17(16)18/h4-5,8-9,11-12,15,21H,6-7,10H2,1-3H3,(H,20,24)/t15-/m1/s1. The fourth-order valence-electron chi connectivity index (χ4n) is 3.13. The minimum Gasteiger partial charge on any atom is -0.361 e. The normalized spacial score (nSPS) is 12.5. The van der Waals surface area contributed by atoms with Crippen LogP contribution in [0.4, 0.5) is 0 Å². The fraction of sp³-hybridized carbons (Fsp3) is 0.368. The Morgan fingerprint density at radius 2 is 2.12 bits per heavy atom. The van der Waals surface area contributed by atoms with E-state index in [0.717, 1.165) is 29.7 Å². The lowest BCUT2D eigenvalue weighted by Crippen LogP contribution is -2.32. The summed E-state index contributed by atoms with van der Waals surface area (Å²) < 4.78 is 1.78. The molecule has 5 nitrogen and oxygen atoms in total. The number of aromatic amines is 1. The maximum absolute atomic E-state index is 12.3. The second kappa shape index (κ2) is 6.91. The molecule has 5 heteroatoms. The molecule has 1 aromatic carbocycles. The zero-order valence-electron chi connectivity index (χ0n) is 14.5. The number of aryl methyl sites for hydroxylation is 3. The second-order valence-corrected chi connectivity index (χ2v) is 6.30. The van der Waals surface area contributed by atoms with Crippen LogP contribution in [0.2, 0.25) is 0 Å². The van der Waals surface area contributed by atoms with Crippen molar-refractivity contribution in [1.29, 1.82) is 0 Å². The summed E-state index contributed by atoms with van der Waals surface area (Å²) in [6.07, 6.45) is 3.92. The lowest BCUT2D eigenvalue weighted by molar-refractivity contribution is -0.124. The van der Waals surface area contributed by atoms with Crippen LogP contribution in [0.25, 0.3) is 10.9 Å². The van der Waals surface area contributed by atoms with Gasteiger partial charge < -0.3 is 10.3 Å². The Labute approximate surface area is 142 Å². The molecule has 0 bridgehead atoms. The average Bonchev–Trinajstić information content (AvgIpc) is 3.13. The molecule has 0 aliphatic carbocycles. The Bertz CT molecular complexity index is 846. The smallest absolute Gasteiger partial charge is 0.244 e. The first-order valence-corrected chi connectivity index (χ1v) is 8.41. The van der Waals surface area contributed by atoms with E-state index in [2.05, 4.69) is 39.8 Å². The van der Waals surface area contributed by atoms with Gasteiger partial charge >= 0.3 is 0 Å². The molecular formula is C19H24N4O. The molecule has 0 radical (unpaired) electrons. The van der Waals surface area contributed by atoms with Crippen molar-refractivity contribution >= 4 is 16.8 Å². The van der Waals surface area contributed by atoms with Gasteiger partial charge in [0.15, 0.2) is 0 Å². The molecule has 1 atom stereocenters. The number of nitrogens with one attached hydrogen (secondary N) is 2. The van der Waals surface area contributed by atoms with Crippen molar-refractivity contribution in [2.24, 2.45) is 0 Å². The van der Waals surface area contributed by atoms with Gasteiger partial charge in [-0.15, -0.1) is 0 Å². The Morgan fingerprint density at radius 1 is 1.33 bits per heavy atom. The number of hydrogen-bond acceptors (Lipinski definition) is 2. The van der Waals surface area contributed by atoms with Crippen molar-refractivity contribution in [3.05, 3.63) is 53.5 Å². The minimum absolute atomic E-state index is 0.0140. The van der Waals surface area contributed by atoms with Crippen LogP contribution in [0, 0.1) is 13.8 Å². The zero-order chi connectivity index (χ0) is 17.1. The molecule has 0 aliphatic heterocycles. The van der Waals surface area contributed by atoms with Gasteiger partial charge in [0.25, 0.3) is 0 Å². The van der Waals surface area contributed by atoms with Crippen molar-refractivity contribution in [2.75, 3.05) is 6.54 Å². The predicted molar refractivity (Wildman–Crippen MR) is 96.0 cm³/mol. The highest BCUT2D eigenvalue weighted by atomic mass is 16.2. The number of carbonyl (C=O) groups is 1. The van der Waals surface area contributed by atoms with Crippen LogP contribution in [-0.4, -0.2) is 27.2 Å².